The van der Waals surface area contributed by atoms with Gasteiger partial charge in [-0.1, -0.05) is 17.3 Å². The van der Waals surface area contributed by atoms with Crippen LogP contribution < -0.4 is 9.47 Å². The second kappa shape index (κ2) is 6.37. The number of hydrogen-bond donors (Lipinski definition) is 0. The van der Waals surface area contributed by atoms with Crippen LogP contribution in [-0.4, -0.2) is 23.2 Å². The molecule has 1 aromatic heterocycles. The highest BCUT2D eigenvalue weighted by molar-refractivity contribution is 5.85. The van der Waals surface area contributed by atoms with Crippen molar-refractivity contribution in [1.82, 2.24) is 5.16 Å². The van der Waals surface area contributed by atoms with Crippen molar-refractivity contribution in [2.45, 2.75) is 6.42 Å². The molecule has 8 heteroatoms. The molecule has 1 heterocycles. The SMILES string of the molecule is COc1ccc(OC(=O)Cc2noc3ccccc23)c([N+](=O)[O-])c1. The number of hydrogen-bond acceptors (Lipinski definition) is 7. The summed E-state index contributed by atoms with van der Waals surface area (Å²) in [7, 11) is 1.39. The van der Waals surface area contributed by atoms with Crippen molar-refractivity contribution >= 4 is 22.6 Å². The van der Waals surface area contributed by atoms with Gasteiger partial charge in [0.25, 0.3) is 0 Å². The maximum absolute atomic E-state index is 12.1. The Morgan fingerprint density at radius 3 is 2.83 bits per heavy atom. The summed E-state index contributed by atoms with van der Waals surface area (Å²) in [5, 5.41) is 15.6. The minimum absolute atomic E-state index is 0.154. The standard InChI is InChI=1S/C16H12N2O6/c1-22-10-6-7-15(13(8-10)18(20)21)23-16(19)9-12-11-4-2-3-5-14(11)24-17-12/h2-8H,9H2,1H3. The van der Waals surface area contributed by atoms with Gasteiger partial charge in [0.15, 0.2) is 5.58 Å². The van der Waals surface area contributed by atoms with E-state index in [0.717, 1.165) is 0 Å². The van der Waals surface area contributed by atoms with E-state index in [1.807, 2.05) is 0 Å². The Bertz CT molecular complexity index is 918. The van der Waals surface area contributed by atoms with E-state index in [4.69, 9.17) is 14.0 Å². The zero-order valence-electron chi connectivity index (χ0n) is 12.6. The molecule has 0 aliphatic rings. The van der Waals surface area contributed by atoms with Gasteiger partial charge in [-0.25, -0.2) is 0 Å². The van der Waals surface area contributed by atoms with Crippen LogP contribution in [0.25, 0.3) is 11.0 Å². The number of nitrogens with zero attached hydrogens (tertiary/aromatic N) is 2. The molecule has 0 atom stereocenters. The molecule has 0 fully saturated rings. The fourth-order valence-electron chi connectivity index (χ4n) is 2.21. The minimum Gasteiger partial charge on any atom is -0.496 e. The molecule has 0 saturated carbocycles. The van der Waals surface area contributed by atoms with Crippen LogP contribution in [-0.2, 0) is 11.2 Å². The van der Waals surface area contributed by atoms with E-state index in [0.29, 0.717) is 22.4 Å². The molecule has 3 aromatic rings. The van der Waals surface area contributed by atoms with Gasteiger partial charge in [0.1, 0.15) is 11.4 Å². The molecular weight excluding hydrogens is 316 g/mol. The Morgan fingerprint density at radius 2 is 2.08 bits per heavy atom. The van der Waals surface area contributed by atoms with Gasteiger partial charge in [0, 0.05) is 5.39 Å². The van der Waals surface area contributed by atoms with Crippen molar-refractivity contribution < 1.29 is 23.7 Å². The monoisotopic (exact) mass is 328 g/mol. The molecule has 3 rings (SSSR count). The van der Waals surface area contributed by atoms with Crippen LogP contribution >= 0.6 is 0 Å². The topological polar surface area (TPSA) is 105 Å². The predicted octanol–water partition coefficient (Wildman–Crippen LogP) is 2.89. The van der Waals surface area contributed by atoms with E-state index in [1.165, 1.54) is 25.3 Å². The number of methoxy groups -OCH3 is 1. The van der Waals surface area contributed by atoms with Gasteiger partial charge in [0.2, 0.25) is 5.75 Å². The van der Waals surface area contributed by atoms with Gasteiger partial charge < -0.3 is 14.0 Å². The van der Waals surface area contributed by atoms with Crippen molar-refractivity contribution in [3.8, 4) is 11.5 Å². The van der Waals surface area contributed by atoms with Crippen molar-refractivity contribution in [2.24, 2.45) is 0 Å². The lowest BCUT2D eigenvalue weighted by Gasteiger charge is -2.06. The second-order valence-electron chi connectivity index (χ2n) is 4.87. The Morgan fingerprint density at radius 1 is 1.29 bits per heavy atom. The molecule has 24 heavy (non-hydrogen) atoms. The van der Waals surface area contributed by atoms with Crippen LogP contribution in [0.4, 0.5) is 5.69 Å². The van der Waals surface area contributed by atoms with Crippen molar-refractivity contribution in [1.29, 1.82) is 0 Å². The Balaban J connectivity index is 1.81. The van der Waals surface area contributed by atoms with Gasteiger partial charge in [-0.2, -0.15) is 0 Å². The number of benzene rings is 2. The number of aromatic nitrogens is 1. The molecule has 0 radical (unpaired) electrons. The fourth-order valence-corrected chi connectivity index (χ4v) is 2.21. The first-order valence-corrected chi connectivity index (χ1v) is 6.95. The van der Waals surface area contributed by atoms with E-state index in [2.05, 4.69) is 5.16 Å². The maximum atomic E-state index is 12.1. The molecule has 0 unspecified atom stereocenters. The van der Waals surface area contributed by atoms with Gasteiger partial charge in [0.05, 0.1) is 24.5 Å². The Labute approximate surface area is 135 Å². The summed E-state index contributed by atoms with van der Waals surface area (Å²) in [6.45, 7) is 0. The van der Waals surface area contributed by atoms with Crippen LogP contribution in [0.3, 0.4) is 0 Å². The lowest BCUT2D eigenvalue weighted by molar-refractivity contribution is -0.385. The van der Waals surface area contributed by atoms with E-state index in [-0.39, 0.29) is 17.9 Å². The number of ether oxygens (including phenoxy) is 2. The number of para-hydroxylation sites is 1. The van der Waals surface area contributed by atoms with Gasteiger partial charge in [-0.05, 0) is 24.3 Å². The highest BCUT2D eigenvalue weighted by atomic mass is 16.6. The Kier molecular flexibility index (Phi) is 4.11. The molecule has 0 aliphatic carbocycles. The average Bonchev–Trinajstić information content (AvgIpc) is 2.98. The fraction of sp³-hybridized carbons (Fsp3) is 0.125. The van der Waals surface area contributed by atoms with Crippen molar-refractivity contribution in [3.63, 3.8) is 0 Å². The summed E-state index contributed by atoms with van der Waals surface area (Å²) < 4.78 is 15.2. The molecule has 0 N–H and O–H groups in total. The smallest absolute Gasteiger partial charge is 0.317 e. The molecule has 2 aromatic carbocycles. The lowest BCUT2D eigenvalue weighted by Crippen LogP contribution is -2.12. The molecule has 0 spiro atoms. The first-order valence-electron chi connectivity index (χ1n) is 6.95. The summed E-state index contributed by atoms with van der Waals surface area (Å²) in [4.78, 5) is 22.5. The average molecular weight is 328 g/mol. The van der Waals surface area contributed by atoms with Crippen LogP contribution in [0.15, 0.2) is 47.0 Å². The molecule has 0 aliphatic heterocycles. The van der Waals surface area contributed by atoms with Gasteiger partial charge in [-0.15, -0.1) is 0 Å². The quantitative estimate of drug-likeness (QED) is 0.307. The van der Waals surface area contributed by atoms with Crippen molar-refractivity contribution in [2.75, 3.05) is 7.11 Å². The highest BCUT2D eigenvalue weighted by Crippen LogP contribution is 2.31. The van der Waals surface area contributed by atoms with Crippen LogP contribution in [0.2, 0.25) is 0 Å². The lowest BCUT2D eigenvalue weighted by atomic mass is 10.2. The number of carbonyl (C=O) groups is 1. The van der Waals surface area contributed by atoms with Gasteiger partial charge >= 0.3 is 11.7 Å². The van der Waals surface area contributed by atoms with E-state index < -0.39 is 10.9 Å². The molecule has 8 nitrogen and oxygen atoms in total. The number of esters is 1. The summed E-state index contributed by atoms with van der Waals surface area (Å²) in [5.74, 6) is -0.537. The zero-order valence-corrected chi connectivity index (χ0v) is 12.6. The number of rotatable bonds is 5. The van der Waals surface area contributed by atoms with Crippen LogP contribution in [0.1, 0.15) is 5.69 Å². The number of nitro benzene ring substituents is 1. The highest BCUT2D eigenvalue weighted by Gasteiger charge is 2.21. The number of nitro groups is 1. The third kappa shape index (κ3) is 3.02. The summed E-state index contributed by atoms with van der Waals surface area (Å²) in [5.41, 5.74) is 0.607. The Hall–Kier alpha value is -3.42. The van der Waals surface area contributed by atoms with E-state index in [1.54, 1.807) is 24.3 Å². The molecule has 0 bridgehead atoms. The second-order valence-corrected chi connectivity index (χ2v) is 4.87. The molecular formula is C16H12N2O6. The van der Waals surface area contributed by atoms with E-state index in [9.17, 15) is 14.9 Å². The first kappa shape index (κ1) is 15.5. The summed E-state index contributed by atoms with van der Waals surface area (Å²) >= 11 is 0. The number of fused-ring (bicyclic) bond motifs is 1. The third-order valence-electron chi connectivity index (χ3n) is 3.35. The minimum atomic E-state index is -0.678. The summed E-state index contributed by atoms with van der Waals surface area (Å²) in [6, 6.07) is 11.1. The molecule has 0 saturated heterocycles. The summed E-state index contributed by atoms with van der Waals surface area (Å²) in [6.07, 6.45) is -0.166. The number of carbonyl (C=O) groups excluding carboxylic acids is 1. The first-order chi connectivity index (χ1) is 11.6. The predicted molar refractivity (Wildman–Crippen MR) is 83.0 cm³/mol. The van der Waals surface area contributed by atoms with Gasteiger partial charge in [-0.3, -0.25) is 14.9 Å². The van der Waals surface area contributed by atoms with Crippen molar-refractivity contribution in [3.05, 3.63) is 58.3 Å². The molecule has 122 valence electrons. The van der Waals surface area contributed by atoms with E-state index >= 15 is 0 Å². The zero-order chi connectivity index (χ0) is 17.1. The van der Waals surface area contributed by atoms with Crippen LogP contribution in [0, 0.1) is 10.1 Å². The largest absolute Gasteiger partial charge is 0.496 e. The third-order valence-corrected chi connectivity index (χ3v) is 3.35. The molecule has 0 amide bonds. The van der Waals surface area contributed by atoms with Crippen LogP contribution in [0.5, 0.6) is 11.5 Å². The normalized spacial score (nSPS) is 10.5. The maximum Gasteiger partial charge on any atom is 0.317 e.